The number of likely N-dealkylation sites (tertiary alicyclic amines) is 1. The van der Waals surface area contributed by atoms with Crippen LogP contribution < -0.4 is 4.74 Å². The molecular formula is C29H25Cl3N2O3. The molecule has 2 aliphatic heterocycles. The first kappa shape index (κ1) is 22.9. The topological polar surface area (TPSA) is 65.8 Å². The van der Waals surface area contributed by atoms with Crippen molar-refractivity contribution in [3.05, 3.63) is 74.0 Å². The van der Waals surface area contributed by atoms with Gasteiger partial charge < -0.3 is 14.9 Å². The minimum Gasteiger partial charge on any atom is -0.504 e. The number of aliphatic hydroxyl groups is 1. The minimum absolute atomic E-state index is 0.0266. The number of pyridine rings is 1. The highest BCUT2D eigenvalue weighted by molar-refractivity contribution is 6.49. The van der Waals surface area contributed by atoms with Crippen molar-refractivity contribution < 1.29 is 14.9 Å². The molecule has 3 heterocycles. The number of rotatable bonds is 3. The Kier molecular flexibility index (Phi) is 4.67. The molecule has 37 heavy (non-hydrogen) atoms. The molecule has 1 spiro atoms. The fourth-order valence-corrected chi connectivity index (χ4v) is 8.38. The van der Waals surface area contributed by atoms with Crippen LogP contribution in [0.25, 0.3) is 11.1 Å². The Morgan fingerprint density at radius 3 is 2.73 bits per heavy atom. The van der Waals surface area contributed by atoms with Crippen LogP contribution in [0, 0.1) is 5.92 Å². The molecule has 0 unspecified atom stereocenters. The SMILES string of the molecule is Oc1ccc2c3c1O[C@H]1c4ncc(-c5ccc(Cl)c(Cl)c5Cl)cc4C[C@@]4(O)[C@@H](C2)N(CC2CC2)CC[C@]314. The summed E-state index contributed by atoms with van der Waals surface area (Å²) in [5, 5.41) is 24.8. The lowest BCUT2D eigenvalue weighted by molar-refractivity contribution is -0.173. The number of halogens is 3. The summed E-state index contributed by atoms with van der Waals surface area (Å²) >= 11 is 19.1. The van der Waals surface area contributed by atoms with Gasteiger partial charge in [-0.2, -0.15) is 0 Å². The van der Waals surface area contributed by atoms with E-state index >= 15 is 0 Å². The van der Waals surface area contributed by atoms with E-state index < -0.39 is 17.1 Å². The van der Waals surface area contributed by atoms with E-state index in [1.54, 1.807) is 18.3 Å². The van der Waals surface area contributed by atoms with E-state index in [9.17, 15) is 10.2 Å². The quantitative estimate of drug-likeness (QED) is 0.382. The molecule has 2 aromatic carbocycles. The van der Waals surface area contributed by atoms with Gasteiger partial charge in [0.1, 0.15) is 0 Å². The Balaban J connectivity index is 1.32. The number of aromatic hydroxyl groups is 1. The van der Waals surface area contributed by atoms with Gasteiger partial charge in [0, 0.05) is 41.9 Å². The molecule has 2 bridgehead atoms. The molecule has 8 heteroatoms. The van der Waals surface area contributed by atoms with Crippen molar-refractivity contribution in [2.45, 2.75) is 55.3 Å². The molecule has 3 aromatic rings. The van der Waals surface area contributed by atoms with Crippen molar-refractivity contribution in [2.75, 3.05) is 13.1 Å². The van der Waals surface area contributed by atoms with Gasteiger partial charge in [0.05, 0.1) is 31.8 Å². The van der Waals surface area contributed by atoms with Crippen LogP contribution in [-0.4, -0.2) is 44.8 Å². The summed E-state index contributed by atoms with van der Waals surface area (Å²) in [5.74, 6) is 1.37. The summed E-state index contributed by atoms with van der Waals surface area (Å²) in [6.45, 7) is 1.93. The van der Waals surface area contributed by atoms with Crippen LogP contribution in [0.4, 0.5) is 0 Å². The van der Waals surface area contributed by atoms with Crippen LogP contribution in [0.15, 0.2) is 36.5 Å². The van der Waals surface area contributed by atoms with E-state index in [4.69, 9.17) is 44.5 Å². The average molecular weight is 556 g/mol. The van der Waals surface area contributed by atoms with Gasteiger partial charge in [-0.15, -0.1) is 0 Å². The number of phenolic OH excluding ortho intramolecular Hbond substituents is 1. The third kappa shape index (κ3) is 2.87. The summed E-state index contributed by atoms with van der Waals surface area (Å²) in [7, 11) is 0. The highest BCUT2D eigenvalue weighted by Gasteiger charge is 2.72. The van der Waals surface area contributed by atoms with Gasteiger partial charge >= 0.3 is 0 Å². The Morgan fingerprint density at radius 1 is 1.08 bits per heavy atom. The van der Waals surface area contributed by atoms with Gasteiger partial charge in [0.15, 0.2) is 17.6 Å². The van der Waals surface area contributed by atoms with Crippen LogP contribution in [-0.2, 0) is 18.3 Å². The molecule has 5 nitrogen and oxygen atoms in total. The van der Waals surface area contributed by atoms with Crippen LogP contribution in [0.5, 0.6) is 11.5 Å². The summed E-state index contributed by atoms with van der Waals surface area (Å²) in [5.41, 5.74) is 3.80. The van der Waals surface area contributed by atoms with Crippen molar-refractivity contribution in [1.82, 2.24) is 9.88 Å². The maximum atomic E-state index is 12.9. The number of phenols is 1. The minimum atomic E-state index is -1.05. The fraction of sp³-hybridized carbons (Fsp3) is 0.414. The molecule has 4 atom stereocenters. The molecule has 1 aromatic heterocycles. The standard InChI is InChI=1S/C29H25Cl3N2O3/c30-19-5-4-18(23(31)24(19)32)17-9-16-11-29(36)21-10-15-3-6-20(35)26-22(15)28(29,27(37-26)25(16)33-12-17)7-8-34(21)13-14-1-2-14/h3-6,9,12,14,21,27,35-36H,1-2,7-8,10-11,13H2/t21-,27+,28+,29-/m1/s1. The predicted molar refractivity (Wildman–Crippen MR) is 143 cm³/mol. The van der Waals surface area contributed by atoms with Crippen molar-refractivity contribution in [3.8, 4) is 22.6 Å². The first-order chi connectivity index (χ1) is 17.8. The molecule has 3 aliphatic carbocycles. The van der Waals surface area contributed by atoms with Gasteiger partial charge in [-0.1, -0.05) is 46.9 Å². The molecule has 5 aliphatic rings. The number of piperidine rings is 1. The van der Waals surface area contributed by atoms with E-state index in [0.29, 0.717) is 27.2 Å². The molecule has 190 valence electrons. The zero-order valence-electron chi connectivity index (χ0n) is 20.0. The first-order valence-corrected chi connectivity index (χ1v) is 14.1. The zero-order valence-corrected chi connectivity index (χ0v) is 22.2. The van der Waals surface area contributed by atoms with E-state index in [1.165, 1.54) is 18.4 Å². The first-order valence-electron chi connectivity index (χ1n) is 12.9. The van der Waals surface area contributed by atoms with E-state index in [-0.39, 0.29) is 11.8 Å². The van der Waals surface area contributed by atoms with Gasteiger partial charge in [-0.25, -0.2) is 0 Å². The number of ether oxygens (including phenoxy) is 1. The summed E-state index contributed by atoms with van der Waals surface area (Å²) in [6, 6.07) is 9.36. The Hall–Kier alpha value is -2.02. The number of benzene rings is 2. The molecule has 2 N–H and O–H groups in total. The average Bonchev–Trinajstić information content (AvgIpc) is 3.62. The van der Waals surface area contributed by atoms with Crippen LogP contribution >= 0.6 is 34.8 Å². The largest absolute Gasteiger partial charge is 0.504 e. The smallest absolute Gasteiger partial charge is 0.166 e. The molecule has 1 saturated carbocycles. The lowest BCUT2D eigenvalue weighted by atomic mass is 9.49. The second-order valence-corrected chi connectivity index (χ2v) is 12.6. The predicted octanol–water partition coefficient (Wildman–Crippen LogP) is 6.11. The third-order valence-electron chi connectivity index (χ3n) is 9.57. The van der Waals surface area contributed by atoms with E-state index in [2.05, 4.69) is 11.0 Å². The molecule has 0 amide bonds. The van der Waals surface area contributed by atoms with Crippen LogP contribution in [0.2, 0.25) is 15.1 Å². The second kappa shape index (κ2) is 7.55. The van der Waals surface area contributed by atoms with Crippen LogP contribution in [0.3, 0.4) is 0 Å². The van der Waals surface area contributed by atoms with Gasteiger partial charge in [-0.05, 0) is 67.5 Å². The van der Waals surface area contributed by atoms with Gasteiger partial charge in [0.25, 0.3) is 0 Å². The normalized spacial score (nSPS) is 31.0. The number of nitrogens with zero attached hydrogens (tertiary/aromatic N) is 2. The van der Waals surface area contributed by atoms with Crippen molar-refractivity contribution >= 4 is 34.8 Å². The molecular weight excluding hydrogens is 531 g/mol. The highest BCUT2D eigenvalue weighted by atomic mass is 35.5. The van der Waals surface area contributed by atoms with E-state index in [1.807, 2.05) is 12.1 Å². The highest BCUT2D eigenvalue weighted by Crippen LogP contribution is 2.68. The summed E-state index contributed by atoms with van der Waals surface area (Å²) < 4.78 is 6.58. The number of hydrogen-bond acceptors (Lipinski definition) is 5. The lowest BCUT2D eigenvalue weighted by Gasteiger charge is -2.63. The van der Waals surface area contributed by atoms with Gasteiger partial charge in [0.2, 0.25) is 0 Å². The summed E-state index contributed by atoms with van der Waals surface area (Å²) in [6.07, 6.45) is 5.84. The Bertz CT molecular complexity index is 1510. The maximum Gasteiger partial charge on any atom is 0.166 e. The molecule has 0 radical (unpaired) electrons. The lowest BCUT2D eigenvalue weighted by Crippen LogP contribution is -2.74. The van der Waals surface area contributed by atoms with Gasteiger partial charge in [-0.3, -0.25) is 9.88 Å². The molecule has 8 rings (SSSR count). The monoisotopic (exact) mass is 554 g/mol. The second-order valence-electron chi connectivity index (χ2n) is 11.4. The molecule has 2 fully saturated rings. The fourth-order valence-electron chi connectivity index (χ4n) is 7.74. The Morgan fingerprint density at radius 2 is 1.92 bits per heavy atom. The molecule has 1 saturated heterocycles. The van der Waals surface area contributed by atoms with Crippen molar-refractivity contribution in [1.29, 1.82) is 0 Å². The summed E-state index contributed by atoms with van der Waals surface area (Å²) in [4.78, 5) is 7.44. The number of fused-ring (bicyclic) bond motifs is 2. The number of aromatic nitrogens is 1. The number of hydrogen-bond donors (Lipinski definition) is 2. The van der Waals surface area contributed by atoms with E-state index in [0.717, 1.165) is 59.8 Å². The maximum absolute atomic E-state index is 12.9. The Labute approximate surface area is 229 Å². The third-order valence-corrected chi connectivity index (χ3v) is 10.9. The zero-order chi connectivity index (χ0) is 25.3. The van der Waals surface area contributed by atoms with Crippen LogP contribution in [0.1, 0.15) is 47.8 Å². The van der Waals surface area contributed by atoms with Crippen molar-refractivity contribution in [3.63, 3.8) is 0 Å². The van der Waals surface area contributed by atoms with Crippen molar-refractivity contribution in [2.24, 2.45) is 5.92 Å².